The zero-order chi connectivity index (χ0) is 12.2. The molecule has 1 saturated heterocycles. The molecule has 1 heterocycles. The van der Waals surface area contributed by atoms with Gasteiger partial charge in [0.25, 0.3) is 0 Å². The molecule has 0 spiro atoms. The molecule has 5 nitrogen and oxygen atoms in total. The maximum Gasteiger partial charge on any atom is 0.310 e. The van der Waals surface area contributed by atoms with Gasteiger partial charge in [-0.3, -0.25) is 4.79 Å². The Balaban J connectivity index is 2.55. The smallest absolute Gasteiger partial charge is 0.310 e. The highest BCUT2D eigenvalue weighted by molar-refractivity contribution is 7.89. The molecule has 1 unspecified atom stereocenters. The molecule has 16 heavy (non-hydrogen) atoms. The molecule has 0 radical (unpaired) electrons. The Hall–Kier alpha value is -0.620. The van der Waals surface area contributed by atoms with Crippen LogP contribution in [0.2, 0.25) is 0 Å². The van der Waals surface area contributed by atoms with Crippen LogP contribution >= 0.6 is 0 Å². The minimum absolute atomic E-state index is 0.178. The van der Waals surface area contributed by atoms with E-state index in [0.717, 1.165) is 6.42 Å². The lowest BCUT2D eigenvalue weighted by Crippen LogP contribution is -2.32. The maximum absolute atomic E-state index is 11.8. The minimum Gasteiger partial charge on any atom is -0.469 e. The molecule has 0 aliphatic carbocycles. The molecule has 0 N–H and O–H groups in total. The summed E-state index contributed by atoms with van der Waals surface area (Å²) in [4.78, 5) is 11.3. The third kappa shape index (κ3) is 3.18. The van der Waals surface area contributed by atoms with Gasteiger partial charge in [-0.1, -0.05) is 13.3 Å². The minimum atomic E-state index is -3.17. The van der Waals surface area contributed by atoms with Gasteiger partial charge in [-0.15, -0.1) is 0 Å². The van der Waals surface area contributed by atoms with Gasteiger partial charge in [0.1, 0.15) is 0 Å². The summed E-state index contributed by atoms with van der Waals surface area (Å²) >= 11 is 0. The van der Waals surface area contributed by atoms with Crippen molar-refractivity contribution in [3.05, 3.63) is 0 Å². The van der Waals surface area contributed by atoms with E-state index in [1.54, 1.807) is 0 Å². The van der Waals surface area contributed by atoms with Crippen molar-refractivity contribution in [1.82, 2.24) is 4.31 Å². The van der Waals surface area contributed by atoms with E-state index in [4.69, 9.17) is 0 Å². The van der Waals surface area contributed by atoms with Crippen molar-refractivity contribution in [2.75, 3.05) is 26.0 Å². The lowest BCUT2D eigenvalue weighted by Gasteiger charge is -2.15. The first kappa shape index (κ1) is 13.4. The van der Waals surface area contributed by atoms with Gasteiger partial charge >= 0.3 is 5.97 Å². The van der Waals surface area contributed by atoms with Crippen LogP contribution in [0.3, 0.4) is 0 Å². The van der Waals surface area contributed by atoms with Gasteiger partial charge in [-0.2, -0.15) is 0 Å². The highest BCUT2D eigenvalue weighted by atomic mass is 32.2. The molecule has 1 aliphatic heterocycles. The zero-order valence-corrected chi connectivity index (χ0v) is 10.6. The lowest BCUT2D eigenvalue weighted by molar-refractivity contribution is -0.144. The van der Waals surface area contributed by atoms with Crippen LogP contribution in [0.1, 0.15) is 26.2 Å². The number of rotatable bonds is 5. The normalized spacial score (nSPS) is 22.2. The Morgan fingerprint density at radius 1 is 1.50 bits per heavy atom. The van der Waals surface area contributed by atoms with Crippen molar-refractivity contribution < 1.29 is 17.9 Å². The number of unbranched alkanes of at least 4 members (excludes halogenated alkanes) is 1. The molecule has 1 rings (SSSR count). The number of ether oxygens (including phenoxy) is 1. The van der Waals surface area contributed by atoms with E-state index in [9.17, 15) is 13.2 Å². The number of methoxy groups -OCH3 is 1. The number of hydrogen-bond acceptors (Lipinski definition) is 4. The van der Waals surface area contributed by atoms with Crippen LogP contribution in [-0.2, 0) is 19.6 Å². The van der Waals surface area contributed by atoms with E-state index in [-0.39, 0.29) is 24.2 Å². The van der Waals surface area contributed by atoms with Crippen molar-refractivity contribution in [3.8, 4) is 0 Å². The monoisotopic (exact) mass is 249 g/mol. The summed E-state index contributed by atoms with van der Waals surface area (Å²) in [5.41, 5.74) is 0. The summed E-state index contributed by atoms with van der Waals surface area (Å²) in [6.07, 6.45) is 2.09. The Morgan fingerprint density at radius 3 is 2.75 bits per heavy atom. The second-order valence-corrected chi connectivity index (χ2v) is 6.12. The van der Waals surface area contributed by atoms with Gasteiger partial charge in [0.2, 0.25) is 10.0 Å². The van der Waals surface area contributed by atoms with Crippen LogP contribution < -0.4 is 0 Å². The van der Waals surface area contributed by atoms with Crippen LogP contribution in [0, 0.1) is 5.92 Å². The maximum atomic E-state index is 11.8. The van der Waals surface area contributed by atoms with Crippen LogP contribution in [0.4, 0.5) is 0 Å². The average molecular weight is 249 g/mol. The van der Waals surface area contributed by atoms with Gasteiger partial charge in [-0.25, -0.2) is 12.7 Å². The highest BCUT2D eigenvalue weighted by Crippen LogP contribution is 2.21. The van der Waals surface area contributed by atoms with Gasteiger partial charge in [0, 0.05) is 13.1 Å². The molecule has 0 amide bonds. The van der Waals surface area contributed by atoms with E-state index in [0.29, 0.717) is 19.4 Å². The fourth-order valence-electron chi connectivity index (χ4n) is 1.80. The number of carbonyl (C=O) groups is 1. The van der Waals surface area contributed by atoms with E-state index < -0.39 is 10.0 Å². The van der Waals surface area contributed by atoms with Gasteiger partial charge < -0.3 is 4.74 Å². The van der Waals surface area contributed by atoms with Gasteiger partial charge in [-0.05, 0) is 12.8 Å². The first-order valence-corrected chi connectivity index (χ1v) is 7.17. The third-order valence-corrected chi connectivity index (χ3v) is 4.76. The predicted octanol–water partition coefficient (Wildman–Crippen LogP) is 0.611. The standard InChI is InChI=1S/C10H19NO4S/c1-3-4-7-16(13,14)11-6-5-9(8-11)10(12)15-2/h9H,3-8H2,1-2H3. The fraction of sp³-hybridized carbons (Fsp3) is 0.900. The lowest BCUT2D eigenvalue weighted by atomic mass is 10.1. The van der Waals surface area contributed by atoms with Crippen LogP contribution in [0.15, 0.2) is 0 Å². The number of hydrogen-bond donors (Lipinski definition) is 0. The van der Waals surface area contributed by atoms with E-state index >= 15 is 0 Å². The molecule has 6 heteroatoms. The quantitative estimate of drug-likeness (QED) is 0.670. The molecule has 0 aromatic carbocycles. The Kier molecular flexibility index (Phi) is 4.73. The van der Waals surface area contributed by atoms with Gasteiger partial charge in [0.05, 0.1) is 18.8 Å². The Labute approximate surface area is 96.8 Å². The van der Waals surface area contributed by atoms with Gasteiger partial charge in [0.15, 0.2) is 0 Å². The second-order valence-electron chi connectivity index (χ2n) is 4.04. The molecule has 1 aliphatic rings. The summed E-state index contributed by atoms with van der Waals surface area (Å²) in [7, 11) is -1.84. The topological polar surface area (TPSA) is 63.7 Å². The van der Waals surface area contributed by atoms with Crippen LogP contribution in [0.5, 0.6) is 0 Å². The highest BCUT2D eigenvalue weighted by Gasteiger charge is 2.34. The fourth-order valence-corrected chi connectivity index (χ4v) is 3.50. The molecule has 94 valence electrons. The van der Waals surface area contributed by atoms with Crippen molar-refractivity contribution >= 4 is 16.0 Å². The zero-order valence-electron chi connectivity index (χ0n) is 9.81. The molecular formula is C10H19NO4S. The summed E-state index contributed by atoms with van der Waals surface area (Å²) < 4.78 is 29.7. The molecule has 0 aromatic rings. The van der Waals surface area contributed by atoms with Crippen LogP contribution in [-0.4, -0.2) is 44.6 Å². The SMILES string of the molecule is CCCCS(=O)(=O)N1CCC(C(=O)OC)C1. The summed E-state index contributed by atoms with van der Waals surface area (Å²) in [6.45, 7) is 2.67. The molecule has 1 fully saturated rings. The van der Waals surface area contributed by atoms with Crippen molar-refractivity contribution in [2.24, 2.45) is 5.92 Å². The summed E-state index contributed by atoms with van der Waals surface area (Å²) in [5.74, 6) is -0.424. The number of nitrogens with zero attached hydrogens (tertiary/aromatic N) is 1. The molecular weight excluding hydrogens is 230 g/mol. The van der Waals surface area contributed by atoms with Crippen molar-refractivity contribution in [1.29, 1.82) is 0 Å². The van der Waals surface area contributed by atoms with Crippen molar-refractivity contribution in [2.45, 2.75) is 26.2 Å². The molecule has 0 bridgehead atoms. The third-order valence-electron chi connectivity index (χ3n) is 2.83. The van der Waals surface area contributed by atoms with E-state index in [1.807, 2.05) is 6.92 Å². The predicted molar refractivity (Wildman–Crippen MR) is 60.4 cm³/mol. The van der Waals surface area contributed by atoms with E-state index in [2.05, 4.69) is 4.74 Å². The number of carbonyl (C=O) groups excluding carboxylic acids is 1. The molecule has 0 aromatic heterocycles. The van der Waals surface area contributed by atoms with Crippen LogP contribution in [0.25, 0.3) is 0 Å². The number of sulfonamides is 1. The Bertz CT molecular complexity index is 339. The first-order valence-electron chi connectivity index (χ1n) is 5.57. The largest absolute Gasteiger partial charge is 0.469 e. The average Bonchev–Trinajstić information content (AvgIpc) is 2.75. The summed E-state index contributed by atoms with van der Waals surface area (Å²) in [5, 5.41) is 0. The second kappa shape index (κ2) is 5.63. The van der Waals surface area contributed by atoms with Crippen molar-refractivity contribution in [3.63, 3.8) is 0 Å². The van der Waals surface area contributed by atoms with E-state index in [1.165, 1.54) is 11.4 Å². The number of esters is 1. The summed E-state index contributed by atoms with van der Waals surface area (Å²) in [6, 6.07) is 0. The molecule has 0 saturated carbocycles. The first-order chi connectivity index (χ1) is 7.51. The Morgan fingerprint density at radius 2 is 2.19 bits per heavy atom. The molecule has 1 atom stereocenters.